The molecule has 1 N–H and O–H groups in total. The van der Waals surface area contributed by atoms with Crippen molar-refractivity contribution in [2.24, 2.45) is 5.92 Å². The molecule has 1 aliphatic carbocycles. The predicted molar refractivity (Wildman–Crippen MR) is 74.5 cm³/mol. The lowest BCUT2D eigenvalue weighted by Gasteiger charge is -2.16. The molecule has 6 heteroatoms. The molecule has 1 atom stereocenters. The van der Waals surface area contributed by atoms with Gasteiger partial charge in [0.25, 0.3) is 0 Å². The van der Waals surface area contributed by atoms with Gasteiger partial charge in [0.2, 0.25) is 0 Å². The third kappa shape index (κ3) is 2.91. The molecule has 1 aliphatic rings. The van der Waals surface area contributed by atoms with Gasteiger partial charge >= 0.3 is 12.1 Å². The number of benzene rings is 1. The first-order valence-electron chi connectivity index (χ1n) is 7.03. The smallest absolute Gasteiger partial charge is 0.418 e. The fourth-order valence-electron chi connectivity index (χ4n) is 2.89. The topological polar surface area (TPSA) is 50.2 Å². The van der Waals surface area contributed by atoms with E-state index in [1.54, 1.807) is 12.1 Å². The number of aromatic nitrogens is 1. The van der Waals surface area contributed by atoms with Crippen LogP contribution in [0.25, 0.3) is 10.8 Å². The Morgan fingerprint density at radius 3 is 2.64 bits per heavy atom. The van der Waals surface area contributed by atoms with E-state index in [9.17, 15) is 18.0 Å². The Morgan fingerprint density at radius 2 is 2.05 bits per heavy atom. The Hall–Kier alpha value is -2.11. The monoisotopic (exact) mass is 309 g/mol. The van der Waals surface area contributed by atoms with Crippen LogP contribution in [0.3, 0.4) is 0 Å². The van der Waals surface area contributed by atoms with E-state index >= 15 is 0 Å². The number of pyridine rings is 1. The molecule has 1 saturated carbocycles. The molecule has 1 aromatic carbocycles. The van der Waals surface area contributed by atoms with Crippen molar-refractivity contribution in [2.45, 2.75) is 31.4 Å². The Labute approximate surface area is 124 Å². The van der Waals surface area contributed by atoms with Crippen molar-refractivity contribution in [3.63, 3.8) is 0 Å². The van der Waals surface area contributed by atoms with Crippen LogP contribution >= 0.6 is 0 Å². The van der Waals surface area contributed by atoms with Gasteiger partial charge in [0.1, 0.15) is 0 Å². The third-order valence-corrected chi connectivity index (χ3v) is 4.10. The minimum Gasteiger partial charge on any atom is -0.481 e. The van der Waals surface area contributed by atoms with E-state index in [0.29, 0.717) is 11.3 Å². The first kappa shape index (κ1) is 14.8. The summed E-state index contributed by atoms with van der Waals surface area (Å²) in [5, 5.41) is 9.51. The molecule has 0 amide bonds. The van der Waals surface area contributed by atoms with Gasteiger partial charge in [-0.2, -0.15) is 13.2 Å². The van der Waals surface area contributed by atoms with Gasteiger partial charge in [-0.25, -0.2) is 0 Å². The Balaban J connectivity index is 2.04. The minimum absolute atomic E-state index is 0.00254. The van der Waals surface area contributed by atoms with Crippen molar-refractivity contribution < 1.29 is 23.1 Å². The minimum atomic E-state index is -4.45. The standard InChI is InChI=1S/C16H14F3NO2/c17-16(18,19)14-8-20-7-11-5-10(3-4-12(11)14)13(6-15(21)22)9-1-2-9/h3-5,7-9,13H,1-2,6H2,(H,21,22). The molecule has 0 radical (unpaired) electrons. The molecular weight excluding hydrogens is 295 g/mol. The molecule has 1 fully saturated rings. The van der Waals surface area contributed by atoms with Gasteiger partial charge in [0, 0.05) is 17.8 Å². The van der Waals surface area contributed by atoms with E-state index < -0.39 is 17.7 Å². The lowest BCUT2D eigenvalue weighted by Crippen LogP contribution is -2.09. The summed E-state index contributed by atoms with van der Waals surface area (Å²) in [5.74, 6) is -0.720. The van der Waals surface area contributed by atoms with E-state index in [1.165, 1.54) is 12.3 Å². The van der Waals surface area contributed by atoms with E-state index in [0.717, 1.165) is 24.6 Å². The number of carboxylic acids is 1. The first-order chi connectivity index (χ1) is 10.4. The highest BCUT2D eigenvalue weighted by Crippen LogP contribution is 2.45. The van der Waals surface area contributed by atoms with Crippen LogP contribution in [-0.2, 0) is 11.0 Å². The summed E-state index contributed by atoms with van der Waals surface area (Å²) in [7, 11) is 0. The fourth-order valence-corrected chi connectivity index (χ4v) is 2.89. The molecule has 2 aromatic rings. The number of carboxylic acid groups (broad SMARTS) is 1. The molecule has 1 aromatic heterocycles. The highest BCUT2D eigenvalue weighted by Gasteiger charge is 2.35. The maximum absolute atomic E-state index is 13.0. The van der Waals surface area contributed by atoms with Crippen LogP contribution in [0.1, 0.15) is 36.3 Å². The molecule has 3 nitrogen and oxygen atoms in total. The molecule has 22 heavy (non-hydrogen) atoms. The quantitative estimate of drug-likeness (QED) is 0.920. The number of halogens is 3. The van der Waals surface area contributed by atoms with Crippen molar-refractivity contribution in [2.75, 3.05) is 0 Å². The van der Waals surface area contributed by atoms with Crippen LogP contribution in [0, 0.1) is 5.92 Å². The molecule has 3 rings (SSSR count). The van der Waals surface area contributed by atoms with E-state index in [-0.39, 0.29) is 17.7 Å². The van der Waals surface area contributed by atoms with Gasteiger partial charge in [-0.1, -0.05) is 12.1 Å². The van der Waals surface area contributed by atoms with E-state index in [2.05, 4.69) is 4.98 Å². The van der Waals surface area contributed by atoms with Crippen molar-refractivity contribution >= 4 is 16.7 Å². The second-order valence-electron chi connectivity index (χ2n) is 5.71. The zero-order valence-electron chi connectivity index (χ0n) is 11.6. The molecule has 0 saturated heterocycles. The molecule has 0 bridgehead atoms. The average Bonchev–Trinajstić information content (AvgIpc) is 3.26. The maximum atomic E-state index is 13.0. The second kappa shape index (κ2) is 5.26. The number of hydrogen-bond donors (Lipinski definition) is 1. The van der Waals surface area contributed by atoms with Crippen molar-refractivity contribution in [3.8, 4) is 0 Å². The van der Waals surface area contributed by atoms with Crippen molar-refractivity contribution in [1.29, 1.82) is 0 Å². The molecule has 1 heterocycles. The van der Waals surface area contributed by atoms with Gasteiger partial charge in [-0.05, 0) is 41.7 Å². The highest BCUT2D eigenvalue weighted by molar-refractivity contribution is 5.86. The Morgan fingerprint density at radius 1 is 1.32 bits per heavy atom. The summed E-state index contributed by atoms with van der Waals surface area (Å²) in [4.78, 5) is 14.7. The second-order valence-corrected chi connectivity index (χ2v) is 5.71. The molecule has 0 spiro atoms. The summed E-state index contributed by atoms with van der Waals surface area (Å²) in [5.41, 5.74) is 0.0104. The molecule has 116 valence electrons. The van der Waals surface area contributed by atoms with Gasteiger partial charge in [0.05, 0.1) is 12.0 Å². The van der Waals surface area contributed by atoms with Crippen molar-refractivity contribution in [1.82, 2.24) is 4.98 Å². The number of aliphatic carboxylic acids is 1. The number of carbonyl (C=O) groups is 1. The summed E-state index contributed by atoms with van der Waals surface area (Å²) < 4.78 is 38.9. The largest absolute Gasteiger partial charge is 0.481 e. The SMILES string of the molecule is O=C(O)CC(c1ccc2c(C(F)(F)F)cncc2c1)C1CC1. The van der Waals surface area contributed by atoms with Gasteiger partial charge in [0.15, 0.2) is 0 Å². The Kier molecular flexibility index (Phi) is 3.54. The van der Waals surface area contributed by atoms with Gasteiger partial charge < -0.3 is 5.11 Å². The average molecular weight is 309 g/mol. The van der Waals surface area contributed by atoms with Gasteiger partial charge in [-0.3, -0.25) is 9.78 Å². The number of hydrogen-bond acceptors (Lipinski definition) is 2. The summed E-state index contributed by atoms with van der Waals surface area (Å²) in [6, 6.07) is 4.68. The predicted octanol–water partition coefficient (Wildman–Crippen LogP) is 4.22. The summed E-state index contributed by atoms with van der Waals surface area (Å²) in [6.45, 7) is 0. The molecular formula is C16H14F3NO2. The molecule has 1 unspecified atom stereocenters. The lowest BCUT2D eigenvalue weighted by atomic mass is 9.89. The van der Waals surface area contributed by atoms with Crippen LogP contribution in [0.4, 0.5) is 13.2 Å². The Bertz CT molecular complexity index is 723. The van der Waals surface area contributed by atoms with Gasteiger partial charge in [-0.15, -0.1) is 0 Å². The maximum Gasteiger partial charge on any atom is 0.418 e. The number of alkyl halides is 3. The van der Waals surface area contributed by atoms with E-state index in [1.807, 2.05) is 0 Å². The normalized spacial score (nSPS) is 16.7. The number of nitrogens with zero attached hydrogens (tertiary/aromatic N) is 1. The van der Waals surface area contributed by atoms with Crippen LogP contribution in [-0.4, -0.2) is 16.1 Å². The number of rotatable bonds is 4. The van der Waals surface area contributed by atoms with Crippen LogP contribution < -0.4 is 0 Å². The summed E-state index contributed by atoms with van der Waals surface area (Å²) in [6.07, 6.45) is -0.308. The zero-order valence-corrected chi connectivity index (χ0v) is 11.6. The zero-order chi connectivity index (χ0) is 15.9. The van der Waals surface area contributed by atoms with Crippen molar-refractivity contribution in [3.05, 3.63) is 41.7 Å². The highest BCUT2D eigenvalue weighted by atomic mass is 19.4. The van der Waals surface area contributed by atoms with Crippen LogP contribution in [0.15, 0.2) is 30.6 Å². The van der Waals surface area contributed by atoms with Crippen LogP contribution in [0.5, 0.6) is 0 Å². The first-order valence-corrected chi connectivity index (χ1v) is 7.03. The third-order valence-electron chi connectivity index (χ3n) is 4.10. The molecule has 0 aliphatic heterocycles. The fraction of sp³-hybridized carbons (Fsp3) is 0.375. The van der Waals surface area contributed by atoms with E-state index in [4.69, 9.17) is 5.11 Å². The number of fused-ring (bicyclic) bond motifs is 1. The lowest BCUT2D eigenvalue weighted by molar-refractivity contribution is -0.138. The van der Waals surface area contributed by atoms with Crippen LogP contribution in [0.2, 0.25) is 0 Å². The summed E-state index contributed by atoms with van der Waals surface area (Å²) >= 11 is 0.